The zero-order valence-corrected chi connectivity index (χ0v) is 80.8. The van der Waals surface area contributed by atoms with Gasteiger partial charge in [-0.25, -0.2) is 0 Å². The number of aryl methyl sites for hydroxylation is 15. The molecule has 122 heavy (non-hydrogen) atoms. The molecule has 4 heteroatoms. The first-order valence-electron chi connectivity index (χ1n) is 45.2. The topological polar surface area (TPSA) is 51.6 Å². The summed E-state index contributed by atoms with van der Waals surface area (Å²) in [6.07, 6.45) is 20.7. The number of para-hydroxylation sites is 1. The van der Waals surface area contributed by atoms with Crippen LogP contribution in [0.2, 0.25) is 0 Å². The van der Waals surface area contributed by atoms with Crippen molar-refractivity contribution in [1.82, 2.24) is 19.9 Å². The lowest BCUT2D eigenvalue weighted by atomic mass is 9.88. The summed E-state index contributed by atoms with van der Waals surface area (Å²) in [4.78, 5) is 17.1. The van der Waals surface area contributed by atoms with E-state index in [1.54, 1.807) is 0 Å². The van der Waals surface area contributed by atoms with Gasteiger partial charge in [-0.05, 0) is 318 Å². The summed E-state index contributed by atoms with van der Waals surface area (Å²) in [7, 11) is 0. The van der Waals surface area contributed by atoms with E-state index in [2.05, 4.69) is 361 Å². The molecule has 0 amide bonds. The molecule has 0 fully saturated rings. The Hall–Kier alpha value is -11.7. The molecule has 0 saturated carbocycles. The number of benzene rings is 13. The molecule has 0 spiro atoms. The zero-order valence-electron chi connectivity index (χ0n) is 80.8. The predicted octanol–water partition coefficient (Wildman–Crippen LogP) is 35.7. The van der Waals surface area contributed by atoms with E-state index < -0.39 is 0 Å². The summed E-state index contributed by atoms with van der Waals surface area (Å²) in [6.45, 7) is 66.5. The summed E-state index contributed by atoms with van der Waals surface area (Å²) in [5.74, 6) is 0. The van der Waals surface area contributed by atoms with Gasteiger partial charge in [0.25, 0.3) is 0 Å². The zero-order chi connectivity index (χ0) is 90.7. The number of fused-ring (bicyclic) bond motifs is 8. The van der Waals surface area contributed by atoms with Gasteiger partial charge in [0.05, 0.1) is 11.0 Å². The highest BCUT2D eigenvalue weighted by atomic mass is 14.7. The number of rotatable bonds is 0. The van der Waals surface area contributed by atoms with E-state index >= 15 is 0 Å². The number of allylic oxidation sites excluding steroid dienone is 2. The first kappa shape index (κ1) is 103. The molecular formula is C118H146N4. The number of nitrogens with zero attached hydrogens (tertiary/aromatic N) is 4. The second-order valence-electron chi connectivity index (χ2n) is 28.7. The average Bonchev–Trinajstić information content (AvgIpc) is 0.770. The van der Waals surface area contributed by atoms with Gasteiger partial charge in [-0.15, -0.1) is 0 Å². The molecule has 4 aromatic heterocycles. The molecule has 0 atom stereocenters. The third-order valence-electron chi connectivity index (χ3n) is 21.6. The fourth-order valence-corrected chi connectivity index (χ4v) is 15.5. The van der Waals surface area contributed by atoms with Crippen LogP contribution in [0.15, 0.2) is 268 Å². The van der Waals surface area contributed by atoms with E-state index in [1.807, 2.05) is 160 Å². The quantitative estimate of drug-likeness (QED) is 0.142. The second kappa shape index (κ2) is 53.8. The monoisotopic (exact) mass is 1620 g/mol. The molecule has 2 aliphatic carbocycles. The van der Waals surface area contributed by atoms with Crippen molar-refractivity contribution in [3.8, 4) is 0 Å². The summed E-state index contributed by atoms with van der Waals surface area (Å²) < 4.78 is 0. The Kier molecular flexibility index (Phi) is 45.3. The van der Waals surface area contributed by atoms with Gasteiger partial charge >= 0.3 is 0 Å². The molecule has 0 saturated heterocycles. The van der Waals surface area contributed by atoms with Gasteiger partial charge in [0.15, 0.2) is 0 Å². The van der Waals surface area contributed by atoms with Gasteiger partial charge in [-0.2, -0.15) is 0 Å². The lowest BCUT2D eigenvalue weighted by molar-refractivity contribution is 1.23. The number of aromatic nitrogens is 4. The molecule has 0 bridgehead atoms. The Balaban J connectivity index is 0.000000286. The van der Waals surface area contributed by atoms with Crippen LogP contribution in [-0.2, 0) is 12.8 Å². The Labute approximate surface area is 737 Å². The molecule has 4 heterocycles. The van der Waals surface area contributed by atoms with Crippen molar-refractivity contribution in [2.45, 2.75) is 234 Å². The number of pyridine rings is 4. The first-order chi connectivity index (χ1) is 59.3. The van der Waals surface area contributed by atoms with Crippen LogP contribution in [-0.4, -0.2) is 19.9 Å². The third kappa shape index (κ3) is 26.2. The van der Waals surface area contributed by atoms with Crippen molar-refractivity contribution in [3.05, 3.63) is 379 Å². The molecule has 19 rings (SSSR count). The van der Waals surface area contributed by atoms with Crippen molar-refractivity contribution < 1.29 is 0 Å². The van der Waals surface area contributed by atoms with Gasteiger partial charge in [0.1, 0.15) is 0 Å². The van der Waals surface area contributed by atoms with Crippen LogP contribution in [0.5, 0.6) is 0 Å². The van der Waals surface area contributed by atoms with E-state index in [0.29, 0.717) is 0 Å². The fraction of sp³-hybridized carbons (Fsp3) is 0.288. The largest absolute Gasteiger partial charge is 0.264 e. The van der Waals surface area contributed by atoms with Gasteiger partial charge in [-0.1, -0.05) is 335 Å². The minimum Gasteiger partial charge on any atom is -0.264 e. The van der Waals surface area contributed by atoms with Crippen LogP contribution in [0.4, 0.5) is 0 Å². The van der Waals surface area contributed by atoms with E-state index in [-0.39, 0.29) is 0 Å². The minimum atomic E-state index is 1.08. The maximum absolute atomic E-state index is 4.34. The molecule has 2 aliphatic rings. The summed E-state index contributed by atoms with van der Waals surface area (Å²) in [5, 5.41) is 21.6. The predicted molar refractivity (Wildman–Crippen MR) is 552 cm³/mol. The highest BCUT2D eigenvalue weighted by molar-refractivity contribution is 6.10. The smallest absolute Gasteiger partial charge is 0.0707 e. The lowest BCUT2D eigenvalue weighted by Gasteiger charge is -2.16. The summed E-state index contributed by atoms with van der Waals surface area (Å²) in [5.41, 5.74) is 29.3. The van der Waals surface area contributed by atoms with E-state index in [0.717, 1.165) is 29.6 Å². The molecule has 4 nitrogen and oxygen atoms in total. The van der Waals surface area contributed by atoms with Crippen LogP contribution in [0.25, 0.3) is 109 Å². The van der Waals surface area contributed by atoms with Gasteiger partial charge in [-0.3, -0.25) is 19.9 Å². The fourth-order valence-electron chi connectivity index (χ4n) is 15.5. The molecule has 0 unspecified atom stereocenters. The standard InChI is InChI=1S/C16H14.2C15H14.C12H12.4C11H11N.8C2H6/c1-11-12(2)14-8-4-6-10-16(14)15-9-5-3-7-13(11)15;2*1-10-9-13-7-3-5-12-6-4-8-14(11(10)2)15(12)13;1-9-5-3-7-11-8-4-6-10(2)12(9)11;1-8-4-3-5-10-7-12-6-9(2)11(8)10;1-8-4-3-5-10-6-7-12-9(2)11(8)10;1-8-4-3-5-10-11(8)9(2)6-7-12-10;1-8-7-12-11-6-4-3-5-10(11)9(8)2;8*1-2/h3-10H,1-2H3;3-5,7-9H,6H2,1-2H3;3-6,8-9H,7H2,1-2H3;3-8H,1-2H3;4*3-7H,1-2H3;8*1-2H3. The molecule has 0 radical (unpaired) electrons. The van der Waals surface area contributed by atoms with Crippen LogP contribution in [0.3, 0.4) is 0 Å². The van der Waals surface area contributed by atoms with Crippen LogP contribution < -0.4 is 0 Å². The highest BCUT2D eigenvalue weighted by Gasteiger charge is 2.14. The van der Waals surface area contributed by atoms with Crippen molar-refractivity contribution in [2.75, 3.05) is 0 Å². The molecule has 0 aliphatic heterocycles. The van der Waals surface area contributed by atoms with Gasteiger partial charge < -0.3 is 0 Å². The first-order valence-corrected chi connectivity index (χ1v) is 45.2. The van der Waals surface area contributed by atoms with Crippen LogP contribution in [0.1, 0.15) is 222 Å². The third-order valence-corrected chi connectivity index (χ3v) is 21.6. The van der Waals surface area contributed by atoms with Crippen molar-refractivity contribution >= 4 is 109 Å². The lowest BCUT2D eigenvalue weighted by Crippen LogP contribution is -1.96. The molecule has 17 aromatic rings. The SMILES string of the molecule is CC.CC.CC.CC.CC.CC.CC.CC.Cc1c(C)c2ccccc2c2ccccc12.Cc1cc2c3c(cccc3c1C)C=CC2.Cc1cc2cccc3c2c(c1C)C=CC3.Cc1cccc2cccc(C)c12.Cc1cccc2ccnc(C)c12.Cc1cccc2cncc(C)c12.Cc1cccc2nccc(C)c12.Cc1cnc2ccccc2c1C. The minimum absolute atomic E-state index is 1.08. The maximum atomic E-state index is 4.34. The molecule has 0 N–H and O–H groups in total. The van der Waals surface area contributed by atoms with E-state index in [9.17, 15) is 0 Å². The average molecular weight is 1620 g/mol. The number of hydrogen-bond acceptors (Lipinski definition) is 4. The van der Waals surface area contributed by atoms with Crippen LogP contribution in [0, 0.1) is 111 Å². The Morgan fingerprint density at radius 3 is 1.17 bits per heavy atom. The van der Waals surface area contributed by atoms with Crippen molar-refractivity contribution in [1.29, 1.82) is 0 Å². The Bertz CT molecular complexity index is 5630. The molecular weight excluding hydrogens is 1470 g/mol. The maximum Gasteiger partial charge on any atom is 0.0707 e. The number of hydrogen-bond donors (Lipinski definition) is 0. The van der Waals surface area contributed by atoms with E-state index in [4.69, 9.17) is 0 Å². The highest BCUT2D eigenvalue weighted by Crippen LogP contribution is 2.36. The van der Waals surface area contributed by atoms with E-state index in [1.165, 1.54) is 192 Å². The Morgan fingerprint density at radius 1 is 0.221 bits per heavy atom. The van der Waals surface area contributed by atoms with Crippen LogP contribution >= 0.6 is 0 Å². The summed E-state index contributed by atoms with van der Waals surface area (Å²) in [6, 6.07) is 79.2. The van der Waals surface area contributed by atoms with Gasteiger partial charge in [0, 0.05) is 58.2 Å². The molecule has 13 aromatic carbocycles. The van der Waals surface area contributed by atoms with Gasteiger partial charge in [0.2, 0.25) is 0 Å². The second-order valence-corrected chi connectivity index (χ2v) is 28.7. The molecule has 638 valence electrons. The summed E-state index contributed by atoms with van der Waals surface area (Å²) >= 11 is 0. The Morgan fingerprint density at radius 2 is 0.631 bits per heavy atom. The van der Waals surface area contributed by atoms with Crippen molar-refractivity contribution in [3.63, 3.8) is 0 Å². The van der Waals surface area contributed by atoms with Crippen molar-refractivity contribution in [2.24, 2.45) is 0 Å². The normalized spacial score (nSPS) is 10.3.